The predicted octanol–water partition coefficient (Wildman–Crippen LogP) is 4.81. The molecule has 0 aliphatic rings. The van der Waals surface area contributed by atoms with Crippen LogP contribution in [0.1, 0.15) is 22.8 Å². The van der Waals surface area contributed by atoms with Crippen LogP contribution in [0.25, 0.3) is 0 Å². The van der Waals surface area contributed by atoms with Gasteiger partial charge in [-0.1, -0.05) is 40.9 Å². The third-order valence-electron chi connectivity index (χ3n) is 2.64. The van der Waals surface area contributed by atoms with E-state index < -0.39 is 18.0 Å². The van der Waals surface area contributed by atoms with Crippen LogP contribution in [-0.2, 0) is 13.6 Å². The highest BCUT2D eigenvalue weighted by Gasteiger charge is 2.34. The minimum atomic E-state index is -3.89. The van der Waals surface area contributed by atoms with Gasteiger partial charge >= 0.3 is 7.60 Å². The Morgan fingerprint density at radius 2 is 1.83 bits per heavy atom. The molecule has 0 aromatic heterocycles. The molecule has 1 N–H and O–H groups in total. The van der Waals surface area contributed by atoms with E-state index in [0.717, 1.165) is 5.56 Å². The Balaban J connectivity index is 3.06. The van der Waals surface area contributed by atoms with Crippen LogP contribution in [0.5, 0.6) is 0 Å². The maximum atomic E-state index is 12.8. The average Bonchev–Trinajstić information content (AvgIpc) is 2.51. The van der Waals surface area contributed by atoms with E-state index >= 15 is 0 Å². The highest BCUT2D eigenvalue weighted by Crippen LogP contribution is 2.56. The maximum Gasteiger partial charge on any atom is 0.380 e. The first-order valence-corrected chi connectivity index (χ1v) is 9.56. The molecule has 0 aliphatic carbocycles. The largest absolute Gasteiger partial charge is 0.380 e. The number of amides is 1. The zero-order valence-electron chi connectivity index (χ0n) is 12.6. The molecule has 128 valence electrons. The molecule has 0 heterocycles. The molecule has 0 saturated carbocycles. The van der Waals surface area contributed by atoms with Crippen molar-refractivity contribution < 1.29 is 18.4 Å². The highest BCUT2D eigenvalue weighted by molar-refractivity contribution is 7.58. The second-order valence-corrected chi connectivity index (χ2v) is 7.65. The second kappa shape index (κ2) is 9.67. The van der Waals surface area contributed by atoms with E-state index in [1.165, 1.54) is 0 Å². The summed E-state index contributed by atoms with van der Waals surface area (Å²) in [5, 5.41) is 2.41. The first-order valence-electron chi connectivity index (χ1n) is 6.73. The van der Waals surface area contributed by atoms with E-state index in [2.05, 4.69) is 5.32 Å². The zero-order chi connectivity index (χ0) is 17.5. The Hall–Kier alpha value is -0.550. The molecule has 1 rings (SSSR count). The van der Waals surface area contributed by atoms with E-state index in [1.807, 2.05) is 6.92 Å². The number of hydrogen-bond donors (Lipinski definition) is 1. The van der Waals surface area contributed by atoms with Gasteiger partial charge in [-0.3, -0.25) is 9.36 Å². The van der Waals surface area contributed by atoms with Crippen LogP contribution in [0.4, 0.5) is 0 Å². The Labute approximate surface area is 150 Å². The van der Waals surface area contributed by atoms with Crippen LogP contribution >= 0.6 is 42.4 Å². The number of hydrogen-bond acceptors (Lipinski definition) is 4. The van der Waals surface area contributed by atoms with Gasteiger partial charge in [-0.05, 0) is 26.0 Å². The van der Waals surface area contributed by atoms with Crippen molar-refractivity contribution in [2.24, 2.45) is 0 Å². The molecule has 1 atom stereocenters. The lowest BCUT2D eigenvalue weighted by Gasteiger charge is -2.21. The van der Waals surface area contributed by atoms with Crippen molar-refractivity contribution in [3.05, 3.63) is 45.3 Å². The number of rotatable bonds is 8. The number of benzene rings is 1. The summed E-state index contributed by atoms with van der Waals surface area (Å²) in [5.74, 6) is -0.441. The summed E-state index contributed by atoms with van der Waals surface area (Å²) in [6, 6.07) is 6.78. The topological polar surface area (TPSA) is 64.6 Å². The zero-order valence-corrected chi connectivity index (χ0v) is 15.8. The Bertz CT molecular complexity index is 615. The minimum Gasteiger partial charge on any atom is -0.313 e. The maximum absolute atomic E-state index is 12.8. The van der Waals surface area contributed by atoms with E-state index in [9.17, 15) is 9.36 Å². The van der Waals surface area contributed by atoms with E-state index in [4.69, 9.17) is 43.9 Å². The molecule has 0 spiro atoms. The molecular formula is C14H17Cl3NO4P. The molecule has 0 saturated heterocycles. The summed E-state index contributed by atoms with van der Waals surface area (Å²) in [6.45, 7) is 3.54. The molecular weight excluding hydrogens is 383 g/mol. The van der Waals surface area contributed by atoms with Crippen molar-refractivity contribution in [2.45, 2.75) is 13.8 Å². The van der Waals surface area contributed by atoms with Crippen molar-refractivity contribution in [3.8, 4) is 0 Å². The van der Waals surface area contributed by atoms with E-state index in [0.29, 0.717) is 5.56 Å². The van der Waals surface area contributed by atoms with Gasteiger partial charge in [0.25, 0.3) is 5.91 Å². The quantitative estimate of drug-likeness (QED) is 0.502. The van der Waals surface area contributed by atoms with Gasteiger partial charge in [0.15, 0.2) is 5.44 Å². The summed E-state index contributed by atoms with van der Waals surface area (Å²) >= 11 is 17.1. The van der Waals surface area contributed by atoms with Gasteiger partial charge in [-0.2, -0.15) is 0 Å². The van der Waals surface area contributed by atoms with Gasteiger partial charge in [-0.25, -0.2) is 0 Å². The SMILES string of the molecule is CCOP(=O)(OCCCl)C(NC(=O)c1ccc(C)cc1)=C(Cl)Cl. The molecule has 1 aromatic rings. The molecule has 1 aromatic carbocycles. The lowest BCUT2D eigenvalue weighted by molar-refractivity contribution is 0.0964. The first kappa shape index (κ1) is 20.5. The fourth-order valence-electron chi connectivity index (χ4n) is 1.59. The van der Waals surface area contributed by atoms with Crippen LogP contribution < -0.4 is 5.32 Å². The summed E-state index contributed by atoms with van der Waals surface area (Å²) in [7, 11) is -3.89. The fourth-order valence-corrected chi connectivity index (χ4v) is 3.94. The van der Waals surface area contributed by atoms with Gasteiger partial charge in [-0.15, -0.1) is 11.6 Å². The van der Waals surface area contributed by atoms with Gasteiger partial charge in [0.2, 0.25) is 0 Å². The van der Waals surface area contributed by atoms with Crippen molar-refractivity contribution in [2.75, 3.05) is 19.1 Å². The number of carbonyl (C=O) groups excluding carboxylic acids is 1. The standard InChI is InChI=1S/C14H17Cl3NO4P/c1-3-21-23(20,22-9-8-15)14(12(16)17)18-13(19)11-6-4-10(2)5-7-11/h4-7H,3,8-9H2,1-2H3,(H,18,19). The Morgan fingerprint density at radius 3 is 2.30 bits per heavy atom. The third-order valence-corrected chi connectivity index (χ3v) is 5.44. The average molecular weight is 401 g/mol. The molecule has 0 bridgehead atoms. The monoisotopic (exact) mass is 399 g/mol. The summed E-state index contributed by atoms with van der Waals surface area (Å²) in [4.78, 5) is 12.3. The fraction of sp³-hybridized carbons (Fsp3) is 0.357. The van der Waals surface area contributed by atoms with Gasteiger partial charge in [0.05, 0.1) is 13.2 Å². The number of carbonyl (C=O) groups is 1. The highest BCUT2D eigenvalue weighted by atomic mass is 35.5. The number of alkyl halides is 1. The van der Waals surface area contributed by atoms with Crippen LogP contribution in [0.3, 0.4) is 0 Å². The van der Waals surface area contributed by atoms with E-state index in [-0.39, 0.29) is 24.5 Å². The third kappa shape index (κ3) is 6.11. The number of aryl methyl sites for hydroxylation is 1. The molecule has 9 heteroatoms. The lowest BCUT2D eigenvalue weighted by atomic mass is 10.1. The predicted molar refractivity (Wildman–Crippen MR) is 93.3 cm³/mol. The normalized spacial score (nSPS) is 13.3. The summed E-state index contributed by atoms with van der Waals surface area (Å²) < 4.78 is 22.7. The Morgan fingerprint density at radius 1 is 1.22 bits per heavy atom. The molecule has 0 fully saturated rings. The molecule has 23 heavy (non-hydrogen) atoms. The van der Waals surface area contributed by atoms with Crippen LogP contribution in [0, 0.1) is 6.92 Å². The number of halogens is 3. The van der Waals surface area contributed by atoms with Gasteiger partial charge in [0, 0.05) is 11.4 Å². The van der Waals surface area contributed by atoms with Crippen LogP contribution in [0.15, 0.2) is 34.2 Å². The van der Waals surface area contributed by atoms with Gasteiger partial charge < -0.3 is 14.4 Å². The molecule has 0 radical (unpaired) electrons. The van der Waals surface area contributed by atoms with E-state index in [1.54, 1.807) is 31.2 Å². The Kier molecular flexibility index (Phi) is 8.62. The number of nitrogens with one attached hydrogen (secondary N) is 1. The molecule has 5 nitrogen and oxygen atoms in total. The molecule has 1 amide bonds. The van der Waals surface area contributed by atoms with Crippen LogP contribution in [-0.4, -0.2) is 25.0 Å². The second-order valence-electron chi connectivity index (χ2n) is 4.37. The van der Waals surface area contributed by atoms with Crippen LogP contribution in [0.2, 0.25) is 0 Å². The van der Waals surface area contributed by atoms with Crippen molar-refractivity contribution in [3.63, 3.8) is 0 Å². The smallest absolute Gasteiger partial charge is 0.313 e. The first-order chi connectivity index (χ1) is 10.8. The lowest BCUT2D eigenvalue weighted by Crippen LogP contribution is -2.24. The molecule has 1 unspecified atom stereocenters. The minimum absolute atomic E-state index is 0.0518. The van der Waals surface area contributed by atoms with Crippen molar-refractivity contribution >= 4 is 48.3 Å². The molecule has 0 aliphatic heterocycles. The summed E-state index contributed by atoms with van der Waals surface area (Å²) in [5.41, 5.74) is 1.04. The van der Waals surface area contributed by atoms with Crippen molar-refractivity contribution in [1.82, 2.24) is 5.32 Å². The summed E-state index contributed by atoms with van der Waals surface area (Å²) in [6.07, 6.45) is 0. The van der Waals surface area contributed by atoms with Gasteiger partial charge in [0.1, 0.15) is 4.49 Å². The van der Waals surface area contributed by atoms with Crippen molar-refractivity contribution in [1.29, 1.82) is 0 Å².